The highest BCUT2D eigenvalue weighted by Crippen LogP contribution is 2.41. The number of esters is 2. The van der Waals surface area contributed by atoms with E-state index in [9.17, 15) is 19.7 Å². The van der Waals surface area contributed by atoms with E-state index in [4.69, 9.17) is 9.47 Å². The Balaban J connectivity index is 1.55. The van der Waals surface area contributed by atoms with E-state index in [0.717, 1.165) is 23.2 Å². The van der Waals surface area contributed by atoms with Crippen molar-refractivity contribution >= 4 is 29.4 Å². The van der Waals surface area contributed by atoms with E-state index in [0.29, 0.717) is 17.0 Å². The molecule has 10 heteroatoms. The van der Waals surface area contributed by atoms with E-state index >= 15 is 0 Å². The molecule has 0 aliphatic carbocycles. The number of allylic oxidation sites excluding steroid dienone is 1. The number of methoxy groups -OCH3 is 1. The fourth-order valence-electron chi connectivity index (χ4n) is 4.82. The minimum atomic E-state index is -0.935. The monoisotopic (exact) mass is 542 g/mol. The van der Waals surface area contributed by atoms with Crippen molar-refractivity contribution < 1.29 is 24.0 Å². The van der Waals surface area contributed by atoms with Gasteiger partial charge in [-0.2, -0.15) is 0 Å². The number of aromatic nitrogens is 2. The molecule has 10 nitrogen and oxygen atoms in total. The van der Waals surface area contributed by atoms with Crippen LogP contribution in [0.3, 0.4) is 0 Å². The van der Waals surface area contributed by atoms with E-state index in [2.05, 4.69) is 9.98 Å². The Kier molecular flexibility index (Phi) is 8.68. The maximum absolute atomic E-state index is 13.5. The highest BCUT2D eigenvalue weighted by molar-refractivity contribution is 6.07. The average Bonchev–Trinajstić information content (AvgIpc) is 3.45. The molecule has 2 aromatic carbocycles. The topological polar surface area (TPSA) is 126 Å². The Morgan fingerprint density at radius 3 is 2.55 bits per heavy atom. The van der Waals surface area contributed by atoms with Gasteiger partial charge >= 0.3 is 11.9 Å². The number of carbonyl (C=O) groups excluding carboxylic acids is 2. The van der Waals surface area contributed by atoms with Crippen LogP contribution in [-0.2, 0) is 25.6 Å². The lowest BCUT2D eigenvalue weighted by Gasteiger charge is -2.31. The second-order valence-corrected chi connectivity index (χ2v) is 9.63. The Morgan fingerprint density at radius 1 is 1.15 bits per heavy atom. The van der Waals surface area contributed by atoms with Crippen LogP contribution in [0.2, 0.25) is 0 Å². The van der Waals surface area contributed by atoms with Gasteiger partial charge in [0.05, 0.1) is 23.9 Å². The number of rotatable bonds is 9. The standard InChI is InChI=1S/C30H30N4O6/c1-19(14-22-8-10-23(11-9-22)16-33-13-12-31-18-33)17-40-30(36)27-21(3)32-20(2)26(29(35)39-4)28(27)24-6-5-7-25(15-24)34(37)38/h5-15,18,26,28H,16-17H2,1-4H3. The summed E-state index contributed by atoms with van der Waals surface area (Å²) >= 11 is 0. The van der Waals surface area contributed by atoms with Crippen molar-refractivity contribution in [2.45, 2.75) is 33.2 Å². The first kappa shape index (κ1) is 28.2. The minimum absolute atomic E-state index is 0.0135. The summed E-state index contributed by atoms with van der Waals surface area (Å²) in [6.07, 6.45) is 7.33. The largest absolute Gasteiger partial charge is 0.468 e. The molecule has 1 aliphatic rings. The molecule has 4 rings (SSSR count). The Labute approximate surface area is 231 Å². The first-order chi connectivity index (χ1) is 19.2. The van der Waals surface area contributed by atoms with Gasteiger partial charge in [-0.1, -0.05) is 42.5 Å². The Morgan fingerprint density at radius 2 is 1.90 bits per heavy atom. The number of nitro benzene ring substituents is 1. The number of imidazole rings is 1. The van der Waals surface area contributed by atoms with Crippen LogP contribution in [0.15, 0.2) is 89.1 Å². The first-order valence-electron chi connectivity index (χ1n) is 12.6. The molecule has 40 heavy (non-hydrogen) atoms. The summed E-state index contributed by atoms with van der Waals surface area (Å²) in [7, 11) is 1.25. The van der Waals surface area contributed by atoms with Gasteiger partial charge in [-0.3, -0.25) is 19.9 Å². The first-order valence-corrected chi connectivity index (χ1v) is 12.6. The molecule has 2 atom stereocenters. The van der Waals surface area contributed by atoms with Gasteiger partial charge < -0.3 is 14.0 Å². The van der Waals surface area contributed by atoms with Crippen molar-refractivity contribution in [3.05, 3.63) is 111 Å². The van der Waals surface area contributed by atoms with Gasteiger partial charge in [0.15, 0.2) is 0 Å². The fourth-order valence-corrected chi connectivity index (χ4v) is 4.82. The highest BCUT2D eigenvalue weighted by atomic mass is 16.6. The number of nitrogens with zero attached hydrogens (tertiary/aromatic N) is 4. The third-order valence-electron chi connectivity index (χ3n) is 6.69. The summed E-state index contributed by atoms with van der Waals surface area (Å²) in [5.41, 5.74) is 4.16. The van der Waals surface area contributed by atoms with Gasteiger partial charge in [-0.15, -0.1) is 0 Å². The highest BCUT2D eigenvalue weighted by Gasteiger charge is 2.42. The van der Waals surface area contributed by atoms with Crippen molar-refractivity contribution in [2.75, 3.05) is 13.7 Å². The molecule has 0 saturated heterocycles. The summed E-state index contributed by atoms with van der Waals surface area (Å²) < 4.78 is 12.7. The third-order valence-corrected chi connectivity index (χ3v) is 6.69. The zero-order valence-corrected chi connectivity index (χ0v) is 22.7. The third kappa shape index (κ3) is 6.40. The fraction of sp³-hybridized carbons (Fsp3) is 0.267. The molecule has 0 fully saturated rings. The lowest BCUT2D eigenvalue weighted by atomic mass is 9.75. The molecule has 2 unspecified atom stereocenters. The summed E-state index contributed by atoms with van der Waals surface area (Å²) in [6, 6.07) is 13.9. The van der Waals surface area contributed by atoms with Crippen molar-refractivity contribution in [1.29, 1.82) is 0 Å². The molecule has 0 spiro atoms. The van der Waals surface area contributed by atoms with Crippen LogP contribution in [0.4, 0.5) is 5.69 Å². The maximum atomic E-state index is 13.5. The molecule has 1 aromatic heterocycles. The Hall–Kier alpha value is -4.86. The molecule has 0 radical (unpaired) electrons. The van der Waals surface area contributed by atoms with Crippen LogP contribution in [0, 0.1) is 16.0 Å². The van der Waals surface area contributed by atoms with E-state index < -0.39 is 28.7 Å². The zero-order valence-electron chi connectivity index (χ0n) is 22.7. The number of ether oxygens (including phenoxy) is 2. The van der Waals surface area contributed by atoms with Crippen LogP contribution in [-0.4, -0.2) is 45.8 Å². The molecule has 1 aliphatic heterocycles. The number of hydrogen-bond acceptors (Lipinski definition) is 8. The number of benzene rings is 2. The van der Waals surface area contributed by atoms with Crippen LogP contribution in [0.5, 0.6) is 0 Å². The molecular weight excluding hydrogens is 512 g/mol. The molecule has 206 valence electrons. The van der Waals surface area contributed by atoms with Gasteiger partial charge in [-0.05, 0) is 43.0 Å². The zero-order chi connectivity index (χ0) is 28.8. The van der Waals surface area contributed by atoms with Crippen molar-refractivity contribution in [1.82, 2.24) is 9.55 Å². The molecule has 3 aromatic rings. The van der Waals surface area contributed by atoms with Gasteiger partial charge in [0.1, 0.15) is 12.5 Å². The summed E-state index contributed by atoms with van der Waals surface area (Å²) in [5.74, 6) is -3.04. The number of aliphatic imine (C=N–C) groups is 1. The number of hydrogen-bond donors (Lipinski definition) is 0. The predicted octanol–water partition coefficient (Wildman–Crippen LogP) is 5.11. The normalized spacial score (nSPS) is 17.3. The smallest absolute Gasteiger partial charge is 0.336 e. The number of nitro groups is 1. The summed E-state index contributed by atoms with van der Waals surface area (Å²) in [4.78, 5) is 45.7. The lowest BCUT2D eigenvalue weighted by molar-refractivity contribution is -0.384. The van der Waals surface area contributed by atoms with Crippen molar-refractivity contribution in [2.24, 2.45) is 10.9 Å². The van der Waals surface area contributed by atoms with E-state index in [1.54, 1.807) is 32.4 Å². The van der Waals surface area contributed by atoms with Crippen LogP contribution in [0.25, 0.3) is 6.08 Å². The van der Waals surface area contributed by atoms with Gasteiger partial charge in [-0.25, -0.2) is 9.78 Å². The van der Waals surface area contributed by atoms with Gasteiger partial charge in [0.25, 0.3) is 5.69 Å². The molecule has 2 heterocycles. The van der Waals surface area contributed by atoms with Crippen LogP contribution >= 0.6 is 0 Å². The van der Waals surface area contributed by atoms with Crippen molar-refractivity contribution in [3.8, 4) is 0 Å². The average molecular weight is 543 g/mol. The molecular formula is C30H30N4O6. The number of non-ortho nitro benzene ring substituents is 1. The molecule has 0 saturated carbocycles. The molecule has 0 N–H and O–H groups in total. The maximum Gasteiger partial charge on any atom is 0.336 e. The second kappa shape index (κ2) is 12.3. The van der Waals surface area contributed by atoms with E-state index in [1.165, 1.54) is 25.3 Å². The molecule has 0 amide bonds. The van der Waals surface area contributed by atoms with Crippen LogP contribution in [0.1, 0.15) is 43.4 Å². The van der Waals surface area contributed by atoms with E-state index in [-0.39, 0.29) is 17.9 Å². The minimum Gasteiger partial charge on any atom is -0.468 e. The predicted molar refractivity (Wildman–Crippen MR) is 150 cm³/mol. The molecule has 0 bridgehead atoms. The summed E-state index contributed by atoms with van der Waals surface area (Å²) in [5, 5.41) is 11.4. The lowest BCUT2D eigenvalue weighted by Crippen LogP contribution is -2.36. The van der Waals surface area contributed by atoms with Gasteiger partial charge in [0.2, 0.25) is 0 Å². The van der Waals surface area contributed by atoms with E-state index in [1.807, 2.05) is 48.0 Å². The SMILES string of the molecule is COC(=O)C1C(C)=NC(C)=C(C(=O)OCC(C)=Cc2ccc(Cn3ccnc3)cc2)C1c1cccc([N+](=O)[O-])c1. The van der Waals surface area contributed by atoms with Crippen LogP contribution < -0.4 is 0 Å². The number of carbonyl (C=O) groups is 2. The van der Waals surface area contributed by atoms with Gasteiger partial charge in [0, 0.05) is 48.4 Å². The van der Waals surface area contributed by atoms with Crippen molar-refractivity contribution in [3.63, 3.8) is 0 Å². The Bertz CT molecular complexity index is 1500. The summed E-state index contributed by atoms with van der Waals surface area (Å²) in [6.45, 7) is 5.92. The second-order valence-electron chi connectivity index (χ2n) is 9.63. The quantitative estimate of drug-likeness (QED) is 0.209.